The SMILES string of the molecule is NC(N)=O.[HH]. The van der Waals surface area contributed by atoms with Crippen LogP contribution >= 0.6 is 0 Å². The molecule has 0 spiro atoms. The molecule has 0 bridgehead atoms. The lowest BCUT2D eigenvalue weighted by Gasteiger charge is -1.62. The molecule has 0 unspecified atom stereocenters. The van der Waals surface area contributed by atoms with Crippen molar-refractivity contribution in [2.45, 2.75) is 0 Å². The molecular weight excluding hydrogens is 56.0 g/mol. The zero-order valence-electron chi connectivity index (χ0n) is 2.06. The summed E-state index contributed by atoms with van der Waals surface area (Å²) in [7, 11) is 0. The average Bonchev–Trinajstić information content (AvgIpc) is 0.811. The summed E-state index contributed by atoms with van der Waals surface area (Å²) >= 11 is 0. The van der Waals surface area contributed by atoms with E-state index in [0.717, 1.165) is 0 Å². The van der Waals surface area contributed by atoms with Crippen molar-refractivity contribution in [2.24, 2.45) is 11.5 Å². The topological polar surface area (TPSA) is 69.1 Å². The minimum absolute atomic E-state index is 0. The second-order valence-electron chi connectivity index (χ2n) is 0.402. The van der Waals surface area contributed by atoms with E-state index < -0.39 is 6.03 Å². The number of amides is 2. The lowest BCUT2D eigenvalue weighted by molar-refractivity contribution is 0.256. The number of carbonyl (C=O) groups excluding carboxylic acids is 1. The number of carbonyl (C=O) groups is 1. The Morgan fingerprint density at radius 3 is 1.75 bits per heavy atom. The zero-order valence-corrected chi connectivity index (χ0v) is 2.06. The van der Waals surface area contributed by atoms with Crippen molar-refractivity contribution in [1.29, 1.82) is 0 Å². The predicted octanol–water partition coefficient (Wildman–Crippen LogP) is -0.730. The van der Waals surface area contributed by atoms with Gasteiger partial charge < -0.3 is 11.5 Å². The monoisotopic (exact) mass is 62.0 g/mol. The molecule has 0 fully saturated rings. The molecule has 0 atom stereocenters. The van der Waals surface area contributed by atoms with Gasteiger partial charge in [-0.1, -0.05) is 0 Å². The molecule has 0 radical (unpaired) electrons. The Labute approximate surface area is 25.1 Å². The first-order chi connectivity index (χ1) is 1.73. The summed E-state index contributed by atoms with van der Waals surface area (Å²) in [6.45, 7) is 0. The molecule has 0 aliphatic rings. The van der Waals surface area contributed by atoms with E-state index in [1.54, 1.807) is 0 Å². The first-order valence-corrected chi connectivity index (χ1v) is 0.781. The molecule has 0 saturated carbocycles. The van der Waals surface area contributed by atoms with Gasteiger partial charge in [0.05, 0.1) is 0 Å². The van der Waals surface area contributed by atoms with Crippen molar-refractivity contribution in [2.75, 3.05) is 0 Å². The van der Waals surface area contributed by atoms with E-state index in [4.69, 9.17) is 4.79 Å². The predicted molar refractivity (Wildman–Crippen MR) is 15.9 cm³/mol. The third kappa shape index (κ3) is 0.174. The molecule has 4 N–H and O–H groups in total. The third-order valence-corrected chi connectivity index (χ3v) is 0. The maximum Gasteiger partial charge on any atom is 0.309 e. The molecule has 2 amide bonds. The quantitative estimate of drug-likeness (QED) is 0.381. The molecule has 0 aliphatic heterocycles. The summed E-state index contributed by atoms with van der Waals surface area (Å²) in [5.74, 6) is 0. The van der Waals surface area contributed by atoms with Crippen molar-refractivity contribution >= 4 is 6.03 Å². The molecule has 0 heterocycles. The first kappa shape index (κ1) is 3.27. The van der Waals surface area contributed by atoms with Gasteiger partial charge in [0.25, 0.3) is 0 Å². The molecule has 26 valence electrons. The number of urea groups is 1. The van der Waals surface area contributed by atoms with Gasteiger partial charge in [-0.3, -0.25) is 0 Å². The molecule has 3 nitrogen and oxygen atoms in total. The van der Waals surface area contributed by atoms with Crippen molar-refractivity contribution in [3.8, 4) is 0 Å². The number of hydrogen-bond donors (Lipinski definition) is 2. The number of primary amides is 2. The summed E-state index contributed by atoms with van der Waals surface area (Å²) in [6.07, 6.45) is 0. The second kappa shape index (κ2) is 0.711. The van der Waals surface area contributed by atoms with E-state index >= 15 is 0 Å². The van der Waals surface area contributed by atoms with Crippen LogP contribution in [0.3, 0.4) is 0 Å². The first-order valence-electron chi connectivity index (χ1n) is 0.781. The highest BCUT2D eigenvalue weighted by Gasteiger charge is 1.60. The molecule has 0 saturated heterocycles. The molecule has 0 rings (SSSR count). The molecule has 0 aliphatic carbocycles. The molecule has 3 heteroatoms. The van der Waals surface area contributed by atoms with Gasteiger partial charge in [0.1, 0.15) is 0 Å². The van der Waals surface area contributed by atoms with Crippen LogP contribution in [-0.2, 0) is 0 Å². The Balaban J connectivity index is 0. The van der Waals surface area contributed by atoms with Crippen LogP contribution in [0.5, 0.6) is 0 Å². The average molecular weight is 62.1 g/mol. The van der Waals surface area contributed by atoms with Crippen LogP contribution in [0.1, 0.15) is 1.43 Å². The third-order valence-electron chi connectivity index (χ3n) is 0. The number of nitrogens with two attached hydrogens (primary N) is 2. The van der Waals surface area contributed by atoms with Gasteiger partial charge in [0.2, 0.25) is 0 Å². The van der Waals surface area contributed by atoms with Crippen molar-refractivity contribution in [1.82, 2.24) is 0 Å². The summed E-state index contributed by atoms with van der Waals surface area (Å²) < 4.78 is 0. The smallest absolute Gasteiger partial charge is 0.309 e. The standard InChI is InChI=1S/CH4N2O.H2/c2-1(3)4;/h(H4,2,3,4);1H. The van der Waals surface area contributed by atoms with Crippen LogP contribution < -0.4 is 11.5 Å². The molecule has 0 aromatic rings. The van der Waals surface area contributed by atoms with E-state index in [9.17, 15) is 0 Å². The zero-order chi connectivity index (χ0) is 3.58. The molecular formula is CH6N2O. The Hall–Kier alpha value is -0.730. The highest BCUT2D eigenvalue weighted by atomic mass is 16.2. The summed E-state index contributed by atoms with van der Waals surface area (Å²) in [4.78, 5) is 9.00. The lowest BCUT2D eigenvalue weighted by atomic mass is 11.2. The highest BCUT2D eigenvalue weighted by Crippen LogP contribution is 1.25. The fourth-order valence-corrected chi connectivity index (χ4v) is 0. The van der Waals surface area contributed by atoms with E-state index in [1.807, 2.05) is 0 Å². The van der Waals surface area contributed by atoms with Gasteiger partial charge in [-0.05, 0) is 0 Å². The normalized spacial score (nSPS) is 6.00. The van der Waals surface area contributed by atoms with Crippen LogP contribution in [-0.4, -0.2) is 6.03 Å². The van der Waals surface area contributed by atoms with E-state index in [2.05, 4.69) is 11.5 Å². The minimum Gasteiger partial charge on any atom is -0.352 e. The molecule has 0 aromatic heterocycles. The number of rotatable bonds is 0. The van der Waals surface area contributed by atoms with Crippen LogP contribution in [0, 0.1) is 0 Å². The van der Waals surface area contributed by atoms with E-state index in [0.29, 0.717) is 0 Å². The highest BCUT2D eigenvalue weighted by molar-refractivity contribution is 5.69. The van der Waals surface area contributed by atoms with Gasteiger partial charge in [-0.2, -0.15) is 0 Å². The molecule has 4 heavy (non-hydrogen) atoms. The maximum absolute atomic E-state index is 9.00. The van der Waals surface area contributed by atoms with E-state index in [-0.39, 0.29) is 1.43 Å². The van der Waals surface area contributed by atoms with Crippen LogP contribution in [0.15, 0.2) is 0 Å². The lowest BCUT2D eigenvalue weighted by Crippen LogP contribution is -2.18. The van der Waals surface area contributed by atoms with Gasteiger partial charge >= 0.3 is 6.03 Å². The van der Waals surface area contributed by atoms with Crippen LogP contribution in [0.25, 0.3) is 0 Å². The largest absolute Gasteiger partial charge is 0.352 e. The summed E-state index contributed by atoms with van der Waals surface area (Å²) in [6, 6.07) is -0.833. The van der Waals surface area contributed by atoms with Crippen molar-refractivity contribution in [3.63, 3.8) is 0 Å². The summed E-state index contributed by atoms with van der Waals surface area (Å²) in [5, 5.41) is 0. The minimum atomic E-state index is -0.833. The van der Waals surface area contributed by atoms with Gasteiger partial charge in [0.15, 0.2) is 0 Å². The van der Waals surface area contributed by atoms with Crippen LogP contribution in [0.4, 0.5) is 4.79 Å². The Morgan fingerprint density at radius 1 is 1.75 bits per heavy atom. The second-order valence-corrected chi connectivity index (χ2v) is 0.402. The number of hydrogen-bond acceptors (Lipinski definition) is 1. The fourth-order valence-electron chi connectivity index (χ4n) is 0. The fraction of sp³-hybridized carbons (Fsp3) is 0. The van der Waals surface area contributed by atoms with E-state index in [1.165, 1.54) is 0 Å². The summed E-state index contributed by atoms with van der Waals surface area (Å²) in [5.41, 5.74) is 8.50. The van der Waals surface area contributed by atoms with Crippen molar-refractivity contribution in [3.05, 3.63) is 0 Å². The van der Waals surface area contributed by atoms with Gasteiger partial charge in [-0.15, -0.1) is 0 Å². The Kier molecular flexibility index (Phi) is 0.581. The van der Waals surface area contributed by atoms with Crippen molar-refractivity contribution < 1.29 is 6.22 Å². The van der Waals surface area contributed by atoms with Gasteiger partial charge in [-0.25, -0.2) is 4.79 Å². The van der Waals surface area contributed by atoms with Gasteiger partial charge in [0, 0.05) is 1.43 Å². The van der Waals surface area contributed by atoms with Crippen LogP contribution in [0.2, 0.25) is 0 Å². The Bertz CT molecular complexity index is 32.6. The maximum atomic E-state index is 9.00. The Morgan fingerprint density at radius 2 is 1.75 bits per heavy atom. The molecule has 0 aromatic carbocycles.